The lowest BCUT2D eigenvalue weighted by Crippen LogP contribution is -2.21. The molecule has 0 saturated carbocycles. The van der Waals surface area contributed by atoms with Gasteiger partial charge >= 0.3 is 5.97 Å². The molecule has 1 N–H and O–H groups in total. The Labute approximate surface area is 161 Å². The fourth-order valence-corrected chi connectivity index (χ4v) is 2.56. The number of nitro groups is 1. The molecule has 2 aromatic carbocycles. The summed E-state index contributed by atoms with van der Waals surface area (Å²) in [5, 5.41) is 13.5. The van der Waals surface area contributed by atoms with E-state index >= 15 is 0 Å². The fourth-order valence-electron chi connectivity index (χ4n) is 2.56. The predicted octanol–water partition coefficient (Wildman–Crippen LogP) is 3.02. The number of nitrogens with zero attached hydrogens (tertiary/aromatic N) is 1. The number of amides is 1. The monoisotopic (exact) mass is 388 g/mol. The number of nitrogens with one attached hydrogen (secondary N) is 1. The smallest absolute Gasteiger partial charge is 0.338 e. The van der Waals surface area contributed by atoms with Crippen molar-refractivity contribution in [1.82, 2.24) is 0 Å². The van der Waals surface area contributed by atoms with Crippen LogP contribution in [-0.2, 0) is 9.53 Å². The van der Waals surface area contributed by atoms with Crippen molar-refractivity contribution in [2.24, 2.45) is 0 Å². The number of hydrogen-bond acceptors (Lipinski definition) is 7. The zero-order valence-corrected chi connectivity index (χ0v) is 15.9. The van der Waals surface area contributed by atoms with Crippen LogP contribution in [0.3, 0.4) is 0 Å². The Morgan fingerprint density at radius 2 is 1.68 bits per heavy atom. The molecule has 9 nitrogen and oxygen atoms in total. The highest BCUT2D eigenvalue weighted by atomic mass is 16.6. The number of anilines is 1. The van der Waals surface area contributed by atoms with Crippen molar-refractivity contribution in [3.05, 3.63) is 57.1 Å². The summed E-state index contributed by atoms with van der Waals surface area (Å²) in [5.74, 6) is -0.462. The van der Waals surface area contributed by atoms with Crippen molar-refractivity contribution >= 4 is 23.3 Å². The molecule has 0 aliphatic rings. The van der Waals surface area contributed by atoms with E-state index in [1.807, 2.05) is 0 Å². The normalized spacial score (nSPS) is 10.1. The average Bonchev–Trinajstić information content (AvgIpc) is 2.67. The van der Waals surface area contributed by atoms with Gasteiger partial charge in [-0.3, -0.25) is 14.9 Å². The summed E-state index contributed by atoms with van der Waals surface area (Å²) >= 11 is 0. The van der Waals surface area contributed by atoms with Crippen LogP contribution in [0.15, 0.2) is 30.3 Å². The molecule has 0 unspecified atom stereocenters. The Hall–Kier alpha value is -3.62. The number of esters is 1. The SMILES string of the molecule is COc1cc(C(=O)OCC(=O)Nc2cccc([N+](=O)[O-])c2C)cc(OC)c1C. The van der Waals surface area contributed by atoms with Gasteiger partial charge in [-0.05, 0) is 32.0 Å². The quantitative estimate of drug-likeness (QED) is 0.440. The lowest BCUT2D eigenvalue weighted by atomic mass is 10.1. The summed E-state index contributed by atoms with van der Waals surface area (Å²) in [7, 11) is 2.93. The maximum Gasteiger partial charge on any atom is 0.338 e. The van der Waals surface area contributed by atoms with Gasteiger partial charge in [0.05, 0.1) is 36.0 Å². The Morgan fingerprint density at radius 3 is 2.21 bits per heavy atom. The van der Waals surface area contributed by atoms with Crippen LogP contribution >= 0.6 is 0 Å². The van der Waals surface area contributed by atoms with Gasteiger partial charge in [-0.25, -0.2) is 4.79 Å². The third kappa shape index (κ3) is 4.56. The van der Waals surface area contributed by atoms with Gasteiger partial charge in [0.15, 0.2) is 6.61 Å². The number of hydrogen-bond donors (Lipinski definition) is 1. The second-order valence-corrected chi connectivity index (χ2v) is 5.84. The minimum atomic E-state index is -0.734. The first-order valence-corrected chi connectivity index (χ1v) is 8.22. The van der Waals surface area contributed by atoms with Gasteiger partial charge in [-0.2, -0.15) is 0 Å². The molecular weight excluding hydrogens is 368 g/mol. The van der Waals surface area contributed by atoms with Crippen molar-refractivity contribution < 1.29 is 28.7 Å². The Kier molecular flexibility index (Phi) is 6.54. The summed E-state index contributed by atoms with van der Waals surface area (Å²) < 4.78 is 15.4. The number of carbonyl (C=O) groups is 2. The Morgan fingerprint density at radius 1 is 1.07 bits per heavy atom. The standard InChI is InChI=1S/C19H20N2O7/c1-11-14(6-5-7-15(11)21(24)25)20-18(22)10-28-19(23)13-8-16(26-3)12(2)17(9-13)27-4/h5-9H,10H2,1-4H3,(H,20,22). The first-order chi connectivity index (χ1) is 13.3. The molecule has 0 aromatic heterocycles. The highest BCUT2D eigenvalue weighted by Crippen LogP contribution is 2.30. The maximum absolute atomic E-state index is 12.3. The first-order valence-electron chi connectivity index (χ1n) is 8.22. The Balaban J connectivity index is 2.07. The number of nitro benzene ring substituents is 1. The highest BCUT2D eigenvalue weighted by molar-refractivity contribution is 5.96. The van der Waals surface area contributed by atoms with Gasteiger partial charge < -0.3 is 19.5 Å². The third-order valence-corrected chi connectivity index (χ3v) is 4.10. The number of carbonyl (C=O) groups excluding carboxylic acids is 2. The number of methoxy groups -OCH3 is 2. The van der Waals surface area contributed by atoms with Crippen molar-refractivity contribution in [2.75, 3.05) is 26.1 Å². The molecule has 0 saturated heterocycles. The van der Waals surface area contributed by atoms with Gasteiger partial charge in [0.1, 0.15) is 11.5 Å². The van der Waals surface area contributed by atoms with Crippen LogP contribution in [-0.4, -0.2) is 37.6 Å². The largest absolute Gasteiger partial charge is 0.496 e. The van der Waals surface area contributed by atoms with Crippen LogP contribution in [0.1, 0.15) is 21.5 Å². The van der Waals surface area contributed by atoms with E-state index in [0.29, 0.717) is 17.1 Å². The number of benzene rings is 2. The summed E-state index contributed by atoms with van der Waals surface area (Å²) in [6.45, 7) is 2.74. The van der Waals surface area contributed by atoms with Crippen LogP contribution in [0.4, 0.5) is 11.4 Å². The molecular formula is C19H20N2O7. The van der Waals surface area contributed by atoms with E-state index in [1.165, 1.54) is 51.5 Å². The van der Waals surface area contributed by atoms with E-state index in [9.17, 15) is 19.7 Å². The van der Waals surface area contributed by atoms with Crippen molar-refractivity contribution in [3.8, 4) is 11.5 Å². The van der Waals surface area contributed by atoms with Crippen molar-refractivity contribution in [1.29, 1.82) is 0 Å². The van der Waals surface area contributed by atoms with E-state index in [2.05, 4.69) is 5.32 Å². The molecule has 28 heavy (non-hydrogen) atoms. The minimum absolute atomic E-state index is 0.117. The molecule has 0 fully saturated rings. The molecule has 0 bridgehead atoms. The highest BCUT2D eigenvalue weighted by Gasteiger charge is 2.18. The van der Waals surface area contributed by atoms with Crippen LogP contribution in [0, 0.1) is 24.0 Å². The molecule has 1 amide bonds. The van der Waals surface area contributed by atoms with Gasteiger partial charge in [-0.15, -0.1) is 0 Å². The van der Waals surface area contributed by atoms with Gasteiger partial charge in [-0.1, -0.05) is 6.07 Å². The van der Waals surface area contributed by atoms with Crippen molar-refractivity contribution in [3.63, 3.8) is 0 Å². The molecule has 9 heteroatoms. The number of ether oxygens (including phenoxy) is 3. The maximum atomic E-state index is 12.3. The summed E-state index contributed by atoms with van der Waals surface area (Å²) in [4.78, 5) is 34.8. The van der Waals surface area contributed by atoms with E-state index in [-0.39, 0.29) is 16.9 Å². The first kappa shape index (κ1) is 20.7. The summed E-state index contributed by atoms with van der Waals surface area (Å²) in [5.41, 5.74) is 1.35. The zero-order chi connectivity index (χ0) is 20.8. The van der Waals surface area contributed by atoms with Gasteiger partial charge in [0, 0.05) is 11.6 Å². The summed E-state index contributed by atoms with van der Waals surface area (Å²) in [6, 6.07) is 7.30. The van der Waals surface area contributed by atoms with Gasteiger partial charge in [0.25, 0.3) is 11.6 Å². The third-order valence-electron chi connectivity index (χ3n) is 4.10. The van der Waals surface area contributed by atoms with E-state index < -0.39 is 23.4 Å². The molecule has 0 aliphatic carbocycles. The number of rotatable bonds is 7. The topological polar surface area (TPSA) is 117 Å². The molecule has 148 valence electrons. The molecule has 0 heterocycles. The van der Waals surface area contributed by atoms with E-state index in [4.69, 9.17) is 14.2 Å². The summed E-state index contributed by atoms with van der Waals surface area (Å²) in [6.07, 6.45) is 0. The molecule has 0 radical (unpaired) electrons. The Bertz CT molecular complexity index is 899. The second kappa shape index (κ2) is 8.85. The molecule has 0 spiro atoms. The predicted molar refractivity (Wildman–Crippen MR) is 101 cm³/mol. The molecule has 0 aliphatic heterocycles. The van der Waals surface area contributed by atoms with Crippen LogP contribution in [0.2, 0.25) is 0 Å². The lowest BCUT2D eigenvalue weighted by molar-refractivity contribution is -0.385. The van der Waals surface area contributed by atoms with E-state index in [1.54, 1.807) is 6.92 Å². The van der Waals surface area contributed by atoms with Crippen LogP contribution in [0.5, 0.6) is 11.5 Å². The molecule has 2 aromatic rings. The van der Waals surface area contributed by atoms with Gasteiger partial charge in [0.2, 0.25) is 0 Å². The van der Waals surface area contributed by atoms with Crippen LogP contribution in [0.25, 0.3) is 0 Å². The second-order valence-electron chi connectivity index (χ2n) is 5.84. The van der Waals surface area contributed by atoms with Crippen molar-refractivity contribution in [2.45, 2.75) is 13.8 Å². The molecule has 0 atom stereocenters. The van der Waals surface area contributed by atoms with Crippen LogP contribution < -0.4 is 14.8 Å². The van der Waals surface area contributed by atoms with E-state index in [0.717, 1.165) is 5.56 Å². The minimum Gasteiger partial charge on any atom is -0.496 e. The molecule has 2 rings (SSSR count). The lowest BCUT2D eigenvalue weighted by Gasteiger charge is -2.12. The fraction of sp³-hybridized carbons (Fsp3) is 0.263. The average molecular weight is 388 g/mol. The zero-order valence-electron chi connectivity index (χ0n) is 15.9.